The van der Waals surface area contributed by atoms with Crippen molar-refractivity contribution in [1.82, 2.24) is 14.5 Å². The van der Waals surface area contributed by atoms with E-state index in [2.05, 4.69) is 5.32 Å². The first kappa shape index (κ1) is 19.4. The summed E-state index contributed by atoms with van der Waals surface area (Å²) >= 11 is 0. The van der Waals surface area contributed by atoms with Gasteiger partial charge < -0.3 is 16.0 Å². The van der Waals surface area contributed by atoms with Crippen LogP contribution in [0.2, 0.25) is 0 Å². The number of piperazine rings is 1. The Morgan fingerprint density at radius 1 is 1.16 bits per heavy atom. The van der Waals surface area contributed by atoms with Gasteiger partial charge in [0.25, 0.3) is 0 Å². The Balaban J connectivity index is 2.00. The van der Waals surface area contributed by atoms with E-state index >= 15 is 0 Å². The van der Waals surface area contributed by atoms with Gasteiger partial charge in [-0.05, 0) is 31.0 Å². The first-order valence-electron chi connectivity index (χ1n) is 8.07. The molecule has 0 aliphatic carbocycles. The molecule has 2 amide bonds. The molecule has 1 fully saturated rings. The molecule has 0 bridgehead atoms. The van der Waals surface area contributed by atoms with Crippen molar-refractivity contribution in [2.45, 2.75) is 18.7 Å². The lowest BCUT2D eigenvalue weighted by molar-refractivity contribution is -0.133. The monoisotopic (exact) mass is 368 g/mol. The molecule has 0 unspecified atom stereocenters. The van der Waals surface area contributed by atoms with Crippen LogP contribution in [0.1, 0.15) is 11.1 Å². The van der Waals surface area contributed by atoms with Gasteiger partial charge in [0.15, 0.2) is 0 Å². The lowest BCUT2D eigenvalue weighted by Gasteiger charge is -2.34. The molecule has 0 atom stereocenters. The van der Waals surface area contributed by atoms with Crippen LogP contribution in [-0.4, -0.2) is 68.7 Å². The molecule has 1 aliphatic heterocycles. The molecule has 1 aromatic rings. The van der Waals surface area contributed by atoms with Gasteiger partial charge >= 0.3 is 0 Å². The lowest BCUT2D eigenvalue weighted by atomic mass is 10.2. The van der Waals surface area contributed by atoms with E-state index in [9.17, 15) is 18.0 Å². The molecular formula is C16H24N4O4S. The summed E-state index contributed by atoms with van der Waals surface area (Å²) < 4.78 is 27.1. The number of sulfonamides is 1. The van der Waals surface area contributed by atoms with Crippen molar-refractivity contribution in [3.8, 4) is 0 Å². The Labute approximate surface area is 148 Å². The Morgan fingerprint density at radius 3 is 2.40 bits per heavy atom. The fourth-order valence-corrected chi connectivity index (χ4v) is 4.39. The third-order valence-corrected chi connectivity index (χ3v) is 6.22. The summed E-state index contributed by atoms with van der Waals surface area (Å²) in [6.45, 7) is 4.37. The minimum absolute atomic E-state index is 0.125. The number of carbonyl (C=O) groups excluding carboxylic acids is 2. The SMILES string of the molecule is Cc1ccc(C)c(S(=O)(=O)N2CCN(C(=O)CNC(=O)CN)CC2)c1. The van der Waals surface area contributed by atoms with E-state index in [1.807, 2.05) is 13.0 Å². The second-order valence-electron chi connectivity index (χ2n) is 6.03. The zero-order valence-electron chi connectivity index (χ0n) is 14.5. The molecule has 138 valence electrons. The Kier molecular flexibility index (Phi) is 6.15. The highest BCUT2D eigenvalue weighted by Crippen LogP contribution is 2.22. The van der Waals surface area contributed by atoms with Crippen LogP contribution in [0.4, 0.5) is 0 Å². The number of aryl methyl sites for hydroxylation is 2. The van der Waals surface area contributed by atoms with Crippen LogP contribution in [-0.2, 0) is 19.6 Å². The molecule has 3 N–H and O–H groups in total. The topological polar surface area (TPSA) is 113 Å². The van der Waals surface area contributed by atoms with E-state index in [1.165, 1.54) is 4.31 Å². The number of hydrogen-bond donors (Lipinski definition) is 2. The summed E-state index contributed by atoms with van der Waals surface area (Å²) in [5.74, 6) is -0.643. The number of rotatable bonds is 5. The number of benzene rings is 1. The van der Waals surface area contributed by atoms with Crippen molar-refractivity contribution in [2.75, 3.05) is 39.3 Å². The van der Waals surface area contributed by atoms with Crippen LogP contribution in [0.15, 0.2) is 23.1 Å². The fraction of sp³-hybridized carbons (Fsp3) is 0.500. The molecule has 0 saturated carbocycles. The molecule has 1 heterocycles. The van der Waals surface area contributed by atoms with E-state index in [0.29, 0.717) is 23.5 Å². The summed E-state index contributed by atoms with van der Waals surface area (Å²) in [6.07, 6.45) is 0. The normalized spacial score (nSPS) is 15.9. The average Bonchev–Trinajstić information content (AvgIpc) is 2.61. The molecule has 9 heteroatoms. The Bertz CT molecular complexity index is 755. The highest BCUT2D eigenvalue weighted by Gasteiger charge is 2.31. The van der Waals surface area contributed by atoms with Gasteiger partial charge in [-0.2, -0.15) is 4.31 Å². The average molecular weight is 368 g/mol. The van der Waals surface area contributed by atoms with E-state index < -0.39 is 15.9 Å². The minimum atomic E-state index is -3.58. The van der Waals surface area contributed by atoms with Crippen molar-refractivity contribution < 1.29 is 18.0 Å². The summed E-state index contributed by atoms with van der Waals surface area (Å²) in [5.41, 5.74) is 6.76. The van der Waals surface area contributed by atoms with Gasteiger partial charge in [0, 0.05) is 26.2 Å². The molecule has 1 saturated heterocycles. The summed E-state index contributed by atoms with van der Waals surface area (Å²) in [4.78, 5) is 25.0. The number of nitrogens with two attached hydrogens (primary N) is 1. The highest BCUT2D eigenvalue weighted by atomic mass is 32.2. The first-order chi connectivity index (χ1) is 11.8. The summed E-state index contributed by atoms with van der Waals surface area (Å²) in [7, 11) is -3.58. The fourth-order valence-electron chi connectivity index (χ4n) is 2.66. The van der Waals surface area contributed by atoms with Crippen molar-refractivity contribution in [3.63, 3.8) is 0 Å². The van der Waals surface area contributed by atoms with Crippen molar-refractivity contribution in [2.24, 2.45) is 5.73 Å². The highest BCUT2D eigenvalue weighted by molar-refractivity contribution is 7.89. The van der Waals surface area contributed by atoms with E-state index in [1.54, 1.807) is 24.0 Å². The van der Waals surface area contributed by atoms with Crippen LogP contribution >= 0.6 is 0 Å². The second-order valence-corrected chi connectivity index (χ2v) is 7.94. The zero-order valence-corrected chi connectivity index (χ0v) is 15.3. The number of amides is 2. The second kappa shape index (κ2) is 7.94. The lowest BCUT2D eigenvalue weighted by Crippen LogP contribution is -2.52. The molecule has 0 spiro atoms. The van der Waals surface area contributed by atoms with Crippen molar-refractivity contribution in [3.05, 3.63) is 29.3 Å². The Hall–Kier alpha value is -1.97. The van der Waals surface area contributed by atoms with Gasteiger partial charge in [-0.15, -0.1) is 0 Å². The minimum Gasteiger partial charge on any atom is -0.346 e. The van der Waals surface area contributed by atoms with E-state index in [0.717, 1.165) is 5.56 Å². The Morgan fingerprint density at radius 2 is 1.80 bits per heavy atom. The number of nitrogens with zero attached hydrogens (tertiary/aromatic N) is 2. The molecule has 0 radical (unpaired) electrons. The largest absolute Gasteiger partial charge is 0.346 e. The summed E-state index contributed by atoms with van der Waals surface area (Å²) in [6, 6.07) is 5.34. The molecule has 25 heavy (non-hydrogen) atoms. The number of hydrogen-bond acceptors (Lipinski definition) is 5. The van der Waals surface area contributed by atoms with Gasteiger partial charge in [0.05, 0.1) is 18.0 Å². The third kappa shape index (κ3) is 4.56. The smallest absolute Gasteiger partial charge is 0.243 e. The van der Waals surface area contributed by atoms with Crippen molar-refractivity contribution in [1.29, 1.82) is 0 Å². The third-order valence-electron chi connectivity index (χ3n) is 4.17. The zero-order chi connectivity index (χ0) is 18.6. The van der Waals surface area contributed by atoms with Crippen LogP contribution < -0.4 is 11.1 Å². The van der Waals surface area contributed by atoms with Crippen LogP contribution in [0.25, 0.3) is 0 Å². The molecule has 1 aromatic carbocycles. The number of carbonyl (C=O) groups is 2. The first-order valence-corrected chi connectivity index (χ1v) is 9.51. The molecule has 2 rings (SSSR count). The van der Waals surface area contributed by atoms with E-state index in [-0.39, 0.29) is 32.1 Å². The quantitative estimate of drug-likeness (QED) is 0.707. The van der Waals surface area contributed by atoms with Gasteiger partial charge in [-0.25, -0.2) is 8.42 Å². The van der Waals surface area contributed by atoms with Crippen LogP contribution in [0.5, 0.6) is 0 Å². The van der Waals surface area contributed by atoms with Gasteiger partial charge in [-0.3, -0.25) is 9.59 Å². The molecule has 1 aliphatic rings. The van der Waals surface area contributed by atoms with Crippen LogP contribution in [0.3, 0.4) is 0 Å². The number of nitrogens with one attached hydrogen (secondary N) is 1. The molecular weight excluding hydrogens is 344 g/mol. The maximum absolute atomic E-state index is 12.8. The maximum atomic E-state index is 12.8. The molecule has 8 nitrogen and oxygen atoms in total. The standard InChI is InChI=1S/C16H24N4O4S/c1-12-3-4-13(2)14(9-12)25(23,24)20-7-5-19(6-8-20)16(22)11-18-15(21)10-17/h3-4,9H,5-8,10-11,17H2,1-2H3,(H,18,21). The van der Waals surface area contributed by atoms with Gasteiger partial charge in [0.2, 0.25) is 21.8 Å². The summed E-state index contributed by atoms with van der Waals surface area (Å²) in [5, 5.41) is 2.42. The van der Waals surface area contributed by atoms with Crippen molar-refractivity contribution >= 4 is 21.8 Å². The van der Waals surface area contributed by atoms with Gasteiger partial charge in [0.1, 0.15) is 0 Å². The molecule has 0 aromatic heterocycles. The van der Waals surface area contributed by atoms with E-state index in [4.69, 9.17) is 5.73 Å². The van der Waals surface area contributed by atoms with Crippen LogP contribution in [0, 0.1) is 13.8 Å². The van der Waals surface area contributed by atoms with Gasteiger partial charge in [-0.1, -0.05) is 12.1 Å². The predicted molar refractivity (Wildman–Crippen MR) is 93.3 cm³/mol. The predicted octanol–water partition coefficient (Wildman–Crippen LogP) is -0.789. The maximum Gasteiger partial charge on any atom is 0.243 e.